The van der Waals surface area contributed by atoms with E-state index in [1.165, 1.54) is 0 Å². The number of rotatable bonds is 8. The lowest BCUT2D eigenvalue weighted by Gasteiger charge is -2.05. The van der Waals surface area contributed by atoms with E-state index in [4.69, 9.17) is 26.2 Å². The van der Waals surface area contributed by atoms with Crippen molar-refractivity contribution in [3.63, 3.8) is 0 Å². The average molecular weight is 518 g/mol. The number of esters is 1. The number of alkyl halides is 3. The second kappa shape index (κ2) is 12.9. The van der Waals surface area contributed by atoms with Gasteiger partial charge < -0.3 is 26.0 Å². The Labute approximate surface area is 210 Å². The fourth-order valence-corrected chi connectivity index (χ4v) is 3.26. The summed E-state index contributed by atoms with van der Waals surface area (Å²) in [5.41, 5.74) is 10.0. The maximum absolute atomic E-state index is 12.5. The molecule has 9 nitrogen and oxygen atoms in total. The molecular formula is C25H25F3N4O5. The summed E-state index contributed by atoms with van der Waals surface area (Å²) in [4.78, 5) is 32.6. The Balaban J connectivity index is 0.000000604. The number of hydrazone groups is 1. The first kappa shape index (κ1) is 28.6. The van der Waals surface area contributed by atoms with E-state index in [-0.39, 0.29) is 5.97 Å². The van der Waals surface area contributed by atoms with Crippen LogP contribution < -0.4 is 11.6 Å². The predicted octanol–water partition coefficient (Wildman–Crippen LogP) is 3.33. The summed E-state index contributed by atoms with van der Waals surface area (Å²) in [5.74, 6) is 1.65. The molecule has 0 saturated heterocycles. The molecule has 0 radical (unpaired) electrons. The number of hydrogen-bond acceptors (Lipinski definition) is 6. The molecule has 37 heavy (non-hydrogen) atoms. The second-order valence-electron chi connectivity index (χ2n) is 7.65. The maximum Gasteiger partial charge on any atom is 0.490 e. The van der Waals surface area contributed by atoms with Gasteiger partial charge in [-0.25, -0.2) is 9.59 Å². The summed E-state index contributed by atoms with van der Waals surface area (Å²) in [5, 5.41) is 10.7. The van der Waals surface area contributed by atoms with Crippen LogP contribution in [0.4, 0.5) is 13.2 Å². The van der Waals surface area contributed by atoms with Crippen LogP contribution in [0.2, 0.25) is 0 Å². The zero-order chi connectivity index (χ0) is 27.6. The number of amides is 1. The molecule has 3 rings (SSSR count). The first-order valence-corrected chi connectivity index (χ1v) is 10.8. The molecule has 0 fully saturated rings. The van der Waals surface area contributed by atoms with Crippen LogP contribution in [-0.2, 0) is 22.5 Å². The molecule has 2 aromatic carbocycles. The molecule has 0 unspecified atom stereocenters. The fourth-order valence-electron chi connectivity index (χ4n) is 3.26. The van der Waals surface area contributed by atoms with Gasteiger partial charge in [0.2, 0.25) is 5.91 Å². The van der Waals surface area contributed by atoms with Gasteiger partial charge in [0.05, 0.1) is 18.4 Å². The summed E-state index contributed by atoms with van der Waals surface area (Å²) in [6, 6.07) is 14.9. The van der Waals surface area contributed by atoms with Gasteiger partial charge in [-0.3, -0.25) is 4.79 Å². The third-order valence-electron chi connectivity index (χ3n) is 4.87. The van der Waals surface area contributed by atoms with Crippen LogP contribution in [0.15, 0.2) is 66.0 Å². The van der Waals surface area contributed by atoms with Crippen LogP contribution in [0.1, 0.15) is 49.9 Å². The Morgan fingerprint density at radius 2 is 1.73 bits per heavy atom. The van der Waals surface area contributed by atoms with Crippen LogP contribution in [0.5, 0.6) is 0 Å². The van der Waals surface area contributed by atoms with Crippen molar-refractivity contribution >= 4 is 24.1 Å². The van der Waals surface area contributed by atoms with Gasteiger partial charge in [-0.1, -0.05) is 30.3 Å². The number of benzene rings is 2. The van der Waals surface area contributed by atoms with Crippen LogP contribution >= 0.6 is 0 Å². The third kappa shape index (κ3) is 8.84. The van der Waals surface area contributed by atoms with Gasteiger partial charge in [0.15, 0.2) is 0 Å². The lowest BCUT2D eigenvalue weighted by Crippen LogP contribution is -2.21. The number of carbonyl (C=O) groups excluding carboxylic acids is 2. The van der Waals surface area contributed by atoms with Gasteiger partial charge in [0.1, 0.15) is 0 Å². The summed E-state index contributed by atoms with van der Waals surface area (Å²) >= 11 is 0. The summed E-state index contributed by atoms with van der Waals surface area (Å²) in [7, 11) is 0. The third-order valence-corrected chi connectivity index (χ3v) is 4.87. The zero-order valence-corrected chi connectivity index (χ0v) is 19.7. The smallest absolute Gasteiger partial charge is 0.475 e. The minimum atomic E-state index is -5.08. The monoisotopic (exact) mass is 518 g/mol. The number of carbonyl (C=O) groups is 3. The second-order valence-corrected chi connectivity index (χ2v) is 7.65. The van der Waals surface area contributed by atoms with Gasteiger partial charge in [-0.2, -0.15) is 18.3 Å². The van der Waals surface area contributed by atoms with E-state index in [2.05, 4.69) is 5.10 Å². The lowest BCUT2D eigenvalue weighted by atomic mass is 10.0. The van der Waals surface area contributed by atoms with Crippen molar-refractivity contribution in [2.45, 2.75) is 26.1 Å². The standard InChI is InChI=1S/C23H24N4O3.C2HF3O2/c1-2-30-23(29)21-15-27(13-18-5-3-4-17(10-18)12-26-25)14-20(21)11-16-6-8-19(9-7-16)22(24)28;3-2(4,5)1(6)7/h3-10,12,14-15H,2,11,13,25H2,1H3,(H2,24,28);(H,6,7). The molecule has 0 spiro atoms. The molecule has 0 atom stereocenters. The van der Waals surface area contributed by atoms with Crippen molar-refractivity contribution in [2.75, 3.05) is 6.61 Å². The molecule has 1 heterocycles. The van der Waals surface area contributed by atoms with Gasteiger partial charge >= 0.3 is 18.1 Å². The number of aromatic nitrogens is 1. The Kier molecular flexibility index (Phi) is 9.99. The van der Waals surface area contributed by atoms with Crippen molar-refractivity contribution in [1.82, 2.24) is 4.57 Å². The highest BCUT2D eigenvalue weighted by Crippen LogP contribution is 2.19. The van der Waals surface area contributed by atoms with E-state index in [0.29, 0.717) is 30.7 Å². The molecular weight excluding hydrogens is 493 g/mol. The van der Waals surface area contributed by atoms with Gasteiger partial charge in [-0.15, -0.1) is 0 Å². The first-order chi connectivity index (χ1) is 17.4. The van der Waals surface area contributed by atoms with Crippen molar-refractivity contribution in [3.05, 3.63) is 94.3 Å². The highest BCUT2D eigenvalue weighted by Gasteiger charge is 2.38. The molecule has 0 saturated carbocycles. The summed E-state index contributed by atoms with van der Waals surface area (Å²) < 4.78 is 38.9. The highest BCUT2D eigenvalue weighted by molar-refractivity contribution is 5.93. The quantitative estimate of drug-likeness (QED) is 0.180. The number of carboxylic acid groups (broad SMARTS) is 1. The minimum Gasteiger partial charge on any atom is -0.475 e. The number of carboxylic acids is 1. The van der Waals surface area contributed by atoms with Crippen LogP contribution in [0, 0.1) is 0 Å². The Morgan fingerprint density at radius 3 is 2.27 bits per heavy atom. The van der Waals surface area contributed by atoms with Gasteiger partial charge in [0, 0.05) is 24.5 Å². The number of nitrogens with two attached hydrogens (primary N) is 2. The van der Waals surface area contributed by atoms with Gasteiger partial charge in [0.25, 0.3) is 0 Å². The van der Waals surface area contributed by atoms with E-state index >= 15 is 0 Å². The normalized spacial score (nSPS) is 11.0. The maximum atomic E-state index is 12.5. The minimum absolute atomic E-state index is 0.303. The molecule has 1 amide bonds. The number of hydrogen-bond donors (Lipinski definition) is 3. The summed E-state index contributed by atoms with van der Waals surface area (Å²) in [6.07, 6.45) is 0.775. The van der Waals surface area contributed by atoms with Crippen LogP contribution in [-0.4, -0.2) is 46.5 Å². The SMILES string of the molecule is CCOC(=O)c1cn(Cc2cccc(C=NN)c2)cc1Cc1ccc(C(N)=O)cc1.O=C(O)C(F)(F)F. The number of nitrogens with zero attached hydrogens (tertiary/aromatic N) is 2. The summed E-state index contributed by atoms with van der Waals surface area (Å²) in [6.45, 7) is 2.66. The molecule has 0 aliphatic heterocycles. The van der Waals surface area contributed by atoms with Crippen LogP contribution in [0.3, 0.4) is 0 Å². The van der Waals surface area contributed by atoms with Crippen molar-refractivity contribution < 1.29 is 37.4 Å². The number of ether oxygens (including phenoxy) is 1. The predicted molar refractivity (Wildman–Crippen MR) is 129 cm³/mol. The van der Waals surface area contributed by atoms with Crippen molar-refractivity contribution in [2.24, 2.45) is 16.7 Å². The molecule has 196 valence electrons. The molecule has 0 bridgehead atoms. The first-order valence-electron chi connectivity index (χ1n) is 10.8. The van der Waals surface area contributed by atoms with E-state index in [9.17, 15) is 22.8 Å². The Morgan fingerprint density at radius 1 is 1.08 bits per heavy atom. The molecule has 3 aromatic rings. The lowest BCUT2D eigenvalue weighted by molar-refractivity contribution is -0.192. The number of halogens is 3. The topological polar surface area (TPSA) is 150 Å². The molecule has 0 aliphatic carbocycles. The Bertz CT molecular complexity index is 1270. The van der Waals surface area contributed by atoms with Crippen LogP contribution in [0.25, 0.3) is 0 Å². The average Bonchev–Trinajstić information content (AvgIpc) is 3.22. The zero-order valence-electron chi connectivity index (χ0n) is 19.7. The van der Waals surface area contributed by atoms with E-state index in [1.807, 2.05) is 47.2 Å². The highest BCUT2D eigenvalue weighted by atomic mass is 19.4. The van der Waals surface area contributed by atoms with Gasteiger partial charge in [-0.05, 0) is 53.8 Å². The Hall–Kier alpha value is -4.61. The van der Waals surface area contributed by atoms with E-state index < -0.39 is 18.1 Å². The number of primary amides is 1. The molecule has 0 aliphatic rings. The van der Waals surface area contributed by atoms with Crippen molar-refractivity contribution in [3.8, 4) is 0 Å². The largest absolute Gasteiger partial charge is 0.490 e. The number of aliphatic carboxylic acids is 1. The molecule has 1 aromatic heterocycles. The fraction of sp³-hybridized carbons (Fsp3) is 0.200. The van der Waals surface area contributed by atoms with E-state index in [0.717, 1.165) is 22.3 Å². The van der Waals surface area contributed by atoms with E-state index in [1.54, 1.807) is 31.5 Å². The van der Waals surface area contributed by atoms with Crippen molar-refractivity contribution in [1.29, 1.82) is 0 Å². The molecule has 12 heteroatoms. The molecule has 5 N–H and O–H groups in total.